The maximum Gasteiger partial charge on any atom is 0.406 e. The number of rotatable bonds is 3. The number of ether oxygens (including phenoxy) is 1. The van der Waals surface area contributed by atoms with Gasteiger partial charge in [0, 0.05) is 35.8 Å². The molecule has 118 valence electrons. The van der Waals surface area contributed by atoms with Crippen molar-refractivity contribution in [2.75, 3.05) is 32.1 Å². The fourth-order valence-electron chi connectivity index (χ4n) is 3.62. The van der Waals surface area contributed by atoms with Crippen molar-refractivity contribution in [2.24, 2.45) is 0 Å². The average Bonchev–Trinajstić information content (AvgIpc) is 2.82. The van der Waals surface area contributed by atoms with Gasteiger partial charge in [0.05, 0.1) is 13.2 Å². The lowest BCUT2D eigenvalue weighted by atomic mass is 9.67. The predicted octanol–water partition coefficient (Wildman–Crippen LogP) is 2.28. The van der Waals surface area contributed by atoms with Crippen LogP contribution in [0.4, 0.5) is 10.5 Å². The first-order chi connectivity index (χ1) is 10.6. The Morgan fingerprint density at radius 2 is 2.41 bits per heavy atom. The van der Waals surface area contributed by atoms with Crippen molar-refractivity contribution in [1.29, 1.82) is 0 Å². The van der Waals surface area contributed by atoms with E-state index in [0.29, 0.717) is 11.6 Å². The van der Waals surface area contributed by atoms with Gasteiger partial charge in [-0.2, -0.15) is 0 Å². The third-order valence-corrected chi connectivity index (χ3v) is 4.91. The lowest BCUT2D eigenvalue weighted by molar-refractivity contribution is 0.170. The van der Waals surface area contributed by atoms with Crippen molar-refractivity contribution >= 4 is 23.4 Å². The van der Waals surface area contributed by atoms with Gasteiger partial charge in [-0.1, -0.05) is 23.8 Å². The molecule has 3 N–H and O–H groups in total. The van der Waals surface area contributed by atoms with Gasteiger partial charge in [0.25, 0.3) is 0 Å². The lowest BCUT2D eigenvalue weighted by Gasteiger charge is -2.42. The van der Waals surface area contributed by atoms with Gasteiger partial charge < -0.3 is 20.7 Å². The monoisotopic (exact) mass is 321 g/mol. The Morgan fingerprint density at radius 3 is 3.18 bits per heavy atom. The highest BCUT2D eigenvalue weighted by Crippen LogP contribution is 2.49. The number of alkyl carbamates (subject to hydrolysis) is 1. The van der Waals surface area contributed by atoms with Crippen LogP contribution in [0, 0.1) is 0 Å². The summed E-state index contributed by atoms with van der Waals surface area (Å²) in [5.74, 6) is 0. The van der Waals surface area contributed by atoms with Crippen molar-refractivity contribution in [3.63, 3.8) is 0 Å². The van der Waals surface area contributed by atoms with Gasteiger partial charge in [0.15, 0.2) is 0 Å². The maximum atomic E-state index is 11.3. The van der Waals surface area contributed by atoms with Gasteiger partial charge in [-0.25, -0.2) is 4.79 Å². The minimum atomic E-state index is -0.412. The highest BCUT2D eigenvalue weighted by Gasteiger charge is 2.50. The molecule has 2 heterocycles. The first-order valence-corrected chi connectivity index (χ1v) is 7.73. The Bertz CT molecular complexity index is 619. The van der Waals surface area contributed by atoms with Gasteiger partial charge in [-0.3, -0.25) is 0 Å². The van der Waals surface area contributed by atoms with E-state index in [9.17, 15) is 4.79 Å². The zero-order valence-corrected chi connectivity index (χ0v) is 13.3. The van der Waals surface area contributed by atoms with Crippen molar-refractivity contribution < 1.29 is 9.53 Å². The number of carbonyl (C=O) groups excluding carboxylic acids is 1. The van der Waals surface area contributed by atoms with E-state index in [0.717, 1.165) is 30.8 Å². The van der Waals surface area contributed by atoms with Crippen molar-refractivity contribution in [2.45, 2.75) is 17.9 Å². The first kappa shape index (κ1) is 15.2. The molecule has 0 bridgehead atoms. The number of hydrogen-bond acceptors (Lipinski definition) is 4. The van der Waals surface area contributed by atoms with Crippen LogP contribution in [0.3, 0.4) is 0 Å². The molecule has 22 heavy (non-hydrogen) atoms. The smallest absolute Gasteiger partial charge is 0.406 e. The van der Waals surface area contributed by atoms with Gasteiger partial charge in [-0.15, -0.1) is 0 Å². The minimum Gasteiger partial charge on any atom is -0.453 e. The van der Waals surface area contributed by atoms with E-state index in [2.05, 4.69) is 27.3 Å². The lowest BCUT2D eigenvalue weighted by Crippen LogP contribution is -2.54. The summed E-state index contributed by atoms with van der Waals surface area (Å²) in [6.07, 6.45) is 0.345. The number of benzene rings is 1. The number of nitrogens with one attached hydrogen (secondary N) is 3. The first-order valence-electron chi connectivity index (χ1n) is 7.35. The Hall–Kier alpha value is -1.72. The molecule has 1 saturated heterocycles. The van der Waals surface area contributed by atoms with E-state index in [1.54, 1.807) is 0 Å². The second-order valence-corrected chi connectivity index (χ2v) is 6.20. The minimum absolute atomic E-state index is 0.210. The summed E-state index contributed by atoms with van der Waals surface area (Å²) in [6.45, 7) is 6.43. The number of fused-ring (bicyclic) bond motifs is 3. The molecule has 2 aliphatic heterocycles. The molecule has 0 aliphatic carbocycles. The maximum absolute atomic E-state index is 11.3. The van der Waals surface area contributed by atoms with Crippen LogP contribution in [-0.2, 0) is 10.2 Å². The number of hydrogen-bond donors (Lipinski definition) is 3. The molecule has 6 heteroatoms. The Balaban J connectivity index is 1.93. The van der Waals surface area contributed by atoms with Crippen molar-refractivity contribution in [3.8, 4) is 0 Å². The zero-order chi connectivity index (χ0) is 15.7. The zero-order valence-electron chi connectivity index (χ0n) is 12.5. The van der Waals surface area contributed by atoms with Crippen LogP contribution < -0.4 is 16.0 Å². The van der Waals surface area contributed by atoms with E-state index in [1.165, 1.54) is 12.7 Å². The number of halogens is 1. The number of carbonyl (C=O) groups is 1. The van der Waals surface area contributed by atoms with Crippen molar-refractivity contribution in [3.05, 3.63) is 40.9 Å². The third-order valence-electron chi connectivity index (χ3n) is 4.68. The molecular formula is C16H20ClN3O2. The van der Waals surface area contributed by atoms with E-state index in [4.69, 9.17) is 11.6 Å². The molecule has 0 spiro atoms. The third kappa shape index (κ3) is 2.34. The molecule has 0 aromatic heterocycles. The molecular weight excluding hydrogens is 302 g/mol. The predicted molar refractivity (Wildman–Crippen MR) is 87.6 cm³/mol. The van der Waals surface area contributed by atoms with E-state index in [1.807, 2.05) is 18.2 Å². The highest BCUT2D eigenvalue weighted by atomic mass is 35.5. The van der Waals surface area contributed by atoms with Crippen molar-refractivity contribution in [1.82, 2.24) is 10.6 Å². The highest BCUT2D eigenvalue weighted by molar-refractivity contribution is 6.30. The SMILES string of the molecule is C=C1CNCC2Nc3ccc(Cl)cc3[C@]12CCNC(=O)OC. The summed E-state index contributed by atoms with van der Waals surface area (Å²) in [5, 5.41) is 10.4. The molecule has 1 unspecified atom stereocenters. The average molecular weight is 322 g/mol. The molecule has 0 radical (unpaired) electrons. The van der Waals surface area contributed by atoms with Gasteiger partial charge in [0.1, 0.15) is 0 Å². The second-order valence-electron chi connectivity index (χ2n) is 5.76. The van der Waals surface area contributed by atoms with E-state index in [-0.39, 0.29) is 11.5 Å². The van der Waals surface area contributed by atoms with Crippen LogP contribution in [0.15, 0.2) is 30.4 Å². The largest absolute Gasteiger partial charge is 0.453 e. The molecule has 1 aromatic carbocycles. The van der Waals surface area contributed by atoms with Gasteiger partial charge >= 0.3 is 6.09 Å². The molecule has 1 fully saturated rings. The Kier molecular flexibility index (Phi) is 4.02. The summed E-state index contributed by atoms with van der Waals surface area (Å²) in [6, 6.07) is 6.13. The summed E-state index contributed by atoms with van der Waals surface area (Å²) < 4.78 is 4.64. The fraction of sp³-hybridized carbons (Fsp3) is 0.438. The summed E-state index contributed by atoms with van der Waals surface area (Å²) in [7, 11) is 1.37. The number of piperidine rings is 1. The quantitative estimate of drug-likeness (QED) is 0.747. The molecule has 2 atom stereocenters. The molecule has 1 amide bonds. The molecule has 5 nitrogen and oxygen atoms in total. The van der Waals surface area contributed by atoms with E-state index < -0.39 is 6.09 Å². The molecule has 3 rings (SSSR count). The standard InChI is InChI=1S/C16H20ClN3O2/c1-10-8-18-9-14-16(10,5-6-19-15(21)22-2)12-7-11(17)3-4-13(12)20-14/h3-4,7,14,18,20H,1,5-6,8-9H2,2H3,(H,19,21)/t14?,16-/m0/s1. The number of amides is 1. The summed E-state index contributed by atoms with van der Waals surface area (Å²) >= 11 is 6.21. The molecule has 1 aromatic rings. The summed E-state index contributed by atoms with van der Waals surface area (Å²) in [4.78, 5) is 11.3. The topological polar surface area (TPSA) is 62.4 Å². The van der Waals surface area contributed by atoms with Crippen LogP contribution in [-0.4, -0.2) is 38.9 Å². The van der Waals surface area contributed by atoms with E-state index >= 15 is 0 Å². The normalized spacial score (nSPS) is 25.9. The molecule has 2 aliphatic rings. The van der Waals surface area contributed by atoms with Gasteiger partial charge in [0.2, 0.25) is 0 Å². The molecule has 0 saturated carbocycles. The van der Waals surface area contributed by atoms with Crippen LogP contribution in [0.1, 0.15) is 12.0 Å². The Labute approximate surface area is 135 Å². The fourth-order valence-corrected chi connectivity index (χ4v) is 3.79. The van der Waals surface area contributed by atoms with Crippen LogP contribution >= 0.6 is 11.6 Å². The summed E-state index contributed by atoms with van der Waals surface area (Å²) in [5.41, 5.74) is 3.16. The number of anilines is 1. The Morgan fingerprint density at radius 1 is 1.59 bits per heavy atom. The van der Waals surface area contributed by atoms with Crippen LogP contribution in [0.2, 0.25) is 5.02 Å². The van der Waals surface area contributed by atoms with Crippen LogP contribution in [0.25, 0.3) is 0 Å². The number of methoxy groups -OCH3 is 1. The van der Waals surface area contributed by atoms with Crippen LogP contribution in [0.5, 0.6) is 0 Å². The second kappa shape index (κ2) is 5.82. The van der Waals surface area contributed by atoms with Gasteiger partial charge in [-0.05, 0) is 30.2 Å².